The van der Waals surface area contributed by atoms with E-state index in [0.29, 0.717) is 11.5 Å². The fourth-order valence-corrected chi connectivity index (χ4v) is 5.47. The van der Waals surface area contributed by atoms with Crippen molar-refractivity contribution in [1.29, 1.82) is 0 Å². The first-order valence-corrected chi connectivity index (χ1v) is 16.9. The molecule has 0 bridgehead atoms. The van der Waals surface area contributed by atoms with Crippen molar-refractivity contribution < 1.29 is 9.53 Å². The van der Waals surface area contributed by atoms with Crippen molar-refractivity contribution in [3.05, 3.63) is 35.4 Å². The molecule has 0 aliphatic rings. The Hall–Kier alpha value is -1.31. The summed E-state index contributed by atoms with van der Waals surface area (Å²) in [6, 6.07) is 8.14. The van der Waals surface area contributed by atoms with Gasteiger partial charge in [-0.15, -0.1) is 0 Å². The van der Waals surface area contributed by atoms with Gasteiger partial charge < -0.3 is 4.74 Å². The maximum absolute atomic E-state index is 13.0. The zero-order valence-corrected chi connectivity index (χ0v) is 26.0. The van der Waals surface area contributed by atoms with Gasteiger partial charge in [-0.05, 0) is 55.7 Å². The van der Waals surface area contributed by atoms with E-state index in [2.05, 4.69) is 39.8 Å². The molecule has 220 valence electrons. The summed E-state index contributed by atoms with van der Waals surface area (Å²) >= 11 is 0. The highest BCUT2D eigenvalue weighted by Crippen LogP contribution is 2.24. The zero-order valence-electron chi connectivity index (χ0n) is 26.0. The average Bonchev–Trinajstić information content (AvgIpc) is 2.93. The SMILES string of the molecule is CCCCCCCCCCCCC(C)C(CCCCCCCCCC)OC(=O)c1ccc(CCCC)cc1. The molecule has 0 radical (unpaired) electrons. The van der Waals surface area contributed by atoms with E-state index >= 15 is 0 Å². The number of carbonyl (C=O) groups is 1. The molecule has 0 spiro atoms. The van der Waals surface area contributed by atoms with Crippen molar-refractivity contribution in [2.45, 2.75) is 181 Å². The van der Waals surface area contributed by atoms with E-state index in [1.807, 2.05) is 12.1 Å². The molecule has 0 saturated heterocycles. The highest BCUT2D eigenvalue weighted by Gasteiger charge is 2.22. The Morgan fingerprint density at radius 2 is 1.00 bits per heavy atom. The Morgan fingerprint density at radius 3 is 1.47 bits per heavy atom. The zero-order chi connectivity index (χ0) is 27.7. The smallest absolute Gasteiger partial charge is 0.338 e. The maximum atomic E-state index is 13.0. The van der Waals surface area contributed by atoms with Gasteiger partial charge in [0.15, 0.2) is 0 Å². The molecule has 0 aliphatic carbocycles. The molecule has 38 heavy (non-hydrogen) atoms. The van der Waals surface area contributed by atoms with Crippen molar-refractivity contribution in [1.82, 2.24) is 0 Å². The van der Waals surface area contributed by atoms with E-state index < -0.39 is 0 Å². The molecule has 2 atom stereocenters. The van der Waals surface area contributed by atoms with E-state index in [-0.39, 0.29) is 12.1 Å². The van der Waals surface area contributed by atoms with E-state index in [1.165, 1.54) is 140 Å². The van der Waals surface area contributed by atoms with Gasteiger partial charge in [0.1, 0.15) is 6.10 Å². The summed E-state index contributed by atoms with van der Waals surface area (Å²) in [7, 11) is 0. The van der Waals surface area contributed by atoms with Crippen molar-refractivity contribution in [2.75, 3.05) is 0 Å². The molecule has 0 aliphatic heterocycles. The van der Waals surface area contributed by atoms with Crippen LogP contribution in [0.15, 0.2) is 24.3 Å². The lowest BCUT2D eigenvalue weighted by molar-refractivity contribution is 0.0112. The molecule has 0 aromatic heterocycles. The second-order valence-electron chi connectivity index (χ2n) is 12.0. The number of unbranched alkanes of at least 4 members (excludes halogenated alkanes) is 17. The number of ether oxygens (including phenoxy) is 1. The third kappa shape index (κ3) is 18.1. The lowest BCUT2D eigenvalue weighted by Crippen LogP contribution is -2.25. The van der Waals surface area contributed by atoms with Gasteiger partial charge in [0, 0.05) is 0 Å². The summed E-state index contributed by atoms with van der Waals surface area (Å²) in [5, 5.41) is 0. The van der Waals surface area contributed by atoms with Crippen LogP contribution < -0.4 is 0 Å². The Morgan fingerprint density at radius 1 is 0.579 bits per heavy atom. The lowest BCUT2D eigenvalue weighted by Gasteiger charge is -2.24. The standard InChI is InChI=1S/C36H64O2/c1-5-8-11-13-15-17-18-19-21-23-25-32(4)35(27-24-22-20-16-14-12-9-6-2)38-36(37)34-30-28-33(29-31-34)26-10-7-3/h28-32,35H,5-27H2,1-4H3. The van der Waals surface area contributed by atoms with Gasteiger partial charge in [-0.1, -0.05) is 155 Å². The second-order valence-corrected chi connectivity index (χ2v) is 12.0. The van der Waals surface area contributed by atoms with Crippen LogP contribution in [0.1, 0.15) is 185 Å². The molecule has 1 aromatic rings. The van der Waals surface area contributed by atoms with Crippen LogP contribution >= 0.6 is 0 Å². The topological polar surface area (TPSA) is 26.3 Å². The molecule has 0 heterocycles. The van der Waals surface area contributed by atoms with Crippen molar-refractivity contribution in [3.63, 3.8) is 0 Å². The van der Waals surface area contributed by atoms with Crippen LogP contribution in [0.3, 0.4) is 0 Å². The van der Waals surface area contributed by atoms with Gasteiger partial charge in [0.25, 0.3) is 0 Å². The van der Waals surface area contributed by atoms with Crippen LogP contribution in [0.25, 0.3) is 0 Å². The molecular formula is C36H64O2. The summed E-state index contributed by atoms with van der Waals surface area (Å²) in [6.07, 6.45) is 29.9. The number of rotatable bonds is 26. The van der Waals surface area contributed by atoms with Crippen LogP contribution in [0.2, 0.25) is 0 Å². The number of benzene rings is 1. The van der Waals surface area contributed by atoms with E-state index in [1.54, 1.807) is 0 Å². The molecule has 1 rings (SSSR count). The fraction of sp³-hybridized carbons (Fsp3) is 0.806. The number of esters is 1. The molecule has 1 aromatic carbocycles. The number of aryl methyl sites for hydroxylation is 1. The van der Waals surface area contributed by atoms with E-state index in [0.717, 1.165) is 12.8 Å². The summed E-state index contributed by atoms with van der Waals surface area (Å²) in [5.41, 5.74) is 2.02. The Balaban J connectivity index is 2.45. The van der Waals surface area contributed by atoms with E-state index in [4.69, 9.17) is 4.74 Å². The van der Waals surface area contributed by atoms with Crippen LogP contribution in [0.4, 0.5) is 0 Å². The normalized spacial score (nSPS) is 12.9. The highest BCUT2D eigenvalue weighted by atomic mass is 16.5. The van der Waals surface area contributed by atoms with Gasteiger partial charge in [0.05, 0.1) is 5.56 Å². The van der Waals surface area contributed by atoms with Gasteiger partial charge in [-0.2, -0.15) is 0 Å². The Labute approximate surface area is 238 Å². The number of carbonyl (C=O) groups excluding carboxylic acids is 1. The van der Waals surface area contributed by atoms with Gasteiger partial charge in [-0.3, -0.25) is 0 Å². The molecule has 2 nitrogen and oxygen atoms in total. The first kappa shape index (κ1) is 34.7. The first-order chi connectivity index (χ1) is 18.6. The largest absolute Gasteiger partial charge is 0.459 e. The third-order valence-corrected chi connectivity index (χ3v) is 8.26. The molecule has 2 heteroatoms. The van der Waals surface area contributed by atoms with Crippen LogP contribution in [0.5, 0.6) is 0 Å². The van der Waals surface area contributed by atoms with Crippen molar-refractivity contribution in [3.8, 4) is 0 Å². The minimum absolute atomic E-state index is 0.0425. The quantitative estimate of drug-likeness (QED) is 0.0882. The van der Waals surface area contributed by atoms with Gasteiger partial charge in [0.2, 0.25) is 0 Å². The Kier molecular flexibility index (Phi) is 22.6. The first-order valence-electron chi connectivity index (χ1n) is 16.9. The monoisotopic (exact) mass is 528 g/mol. The molecule has 2 unspecified atom stereocenters. The molecule has 0 amide bonds. The Bertz CT molecular complexity index is 650. The fourth-order valence-electron chi connectivity index (χ4n) is 5.47. The third-order valence-electron chi connectivity index (χ3n) is 8.26. The minimum atomic E-state index is -0.133. The van der Waals surface area contributed by atoms with Crippen LogP contribution in [-0.4, -0.2) is 12.1 Å². The number of hydrogen-bond acceptors (Lipinski definition) is 2. The maximum Gasteiger partial charge on any atom is 0.338 e. The second kappa shape index (κ2) is 24.7. The summed E-state index contributed by atoms with van der Waals surface area (Å²) in [6.45, 7) is 9.09. The predicted molar refractivity (Wildman–Crippen MR) is 167 cm³/mol. The molecular weight excluding hydrogens is 464 g/mol. The summed E-state index contributed by atoms with van der Waals surface area (Å²) in [5.74, 6) is 0.299. The predicted octanol–water partition coefficient (Wildman–Crippen LogP) is 12.0. The molecule has 0 N–H and O–H groups in total. The number of hydrogen-bond donors (Lipinski definition) is 0. The highest BCUT2D eigenvalue weighted by molar-refractivity contribution is 5.89. The van der Waals surface area contributed by atoms with Crippen LogP contribution in [-0.2, 0) is 11.2 Å². The summed E-state index contributed by atoms with van der Waals surface area (Å²) < 4.78 is 6.18. The average molecular weight is 529 g/mol. The van der Waals surface area contributed by atoms with Crippen LogP contribution in [0, 0.1) is 5.92 Å². The van der Waals surface area contributed by atoms with Crippen molar-refractivity contribution in [2.24, 2.45) is 5.92 Å². The van der Waals surface area contributed by atoms with Gasteiger partial charge in [-0.25, -0.2) is 4.79 Å². The lowest BCUT2D eigenvalue weighted by atomic mass is 9.92. The van der Waals surface area contributed by atoms with Crippen molar-refractivity contribution >= 4 is 5.97 Å². The molecule has 0 fully saturated rings. The van der Waals surface area contributed by atoms with E-state index in [9.17, 15) is 4.79 Å². The molecule has 0 saturated carbocycles. The summed E-state index contributed by atoms with van der Waals surface area (Å²) in [4.78, 5) is 13.0. The minimum Gasteiger partial charge on any atom is -0.459 e. The van der Waals surface area contributed by atoms with Gasteiger partial charge >= 0.3 is 5.97 Å².